The zero-order valence-corrected chi connectivity index (χ0v) is 9.43. The van der Waals surface area contributed by atoms with E-state index in [1.807, 2.05) is 4.90 Å². The maximum absolute atomic E-state index is 10.7. The van der Waals surface area contributed by atoms with Crippen molar-refractivity contribution in [2.75, 3.05) is 26.2 Å². The number of nitrogens with zero attached hydrogens (tertiary/aromatic N) is 2. The molecule has 4 heteroatoms. The second kappa shape index (κ2) is 4.86. The molecule has 1 N–H and O–H groups in total. The average molecular weight is 222 g/mol. The van der Waals surface area contributed by atoms with Crippen LogP contribution in [-0.4, -0.2) is 59.1 Å². The monoisotopic (exact) mass is 222 g/mol. The van der Waals surface area contributed by atoms with E-state index in [0.29, 0.717) is 12.6 Å². The summed E-state index contributed by atoms with van der Waals surface area (Å²) >= 11 is 0. The Labute approximate surface area is 96.2 Å². The Morgan fingerprint density at radius 1 is 1.50 bits per heavy atom. The highest BCUT2D eigenvalue weighted by atomic mass is 16.4. The lowest BCUT2D eigenvalue weighted by molar-refractivity contribution is -0.138. The molecule has 1 aliphatic heterocycles. The first kappa shape index (κ1) is 11.4. The van der Waals surface area contributed by atoms with Crippen LogP contribution in [0.1, 0.15) is 19.3 Å². The molecule has 2 aliphatic rings. The van der Waals surface area contributed by atoms with Gasteiger partial charge in [0.15, 0.2) is 0 Å². The Morgan fingerprint density at radius 3 is 2.81 bits per heavy atom. The molecule has 2 fully saturated rings. The van der Waals surface area contributed by atoms with Gasteiger partial charge < -0.3 is 5.11 Å². The fourth-order valence-corrected chi connectivity index (χ4v) is 2.44. The fourth-order valence-electron chi connectivity index (χ4n) is 2.44. The second-order valence-corrected chi connectivity index (χ2v) is 4.67. The molecular formula is C12H18N2O2. The Kier molecular flexibility index (Phi) is 3.47. The van der Waals surface area contributed by atoms with Crippen molar-refractivity contribution in [3.63, 3.8) is 0 Å². The van der Waals surface area contributed by atoms with Gasteiger partial charge in [-0.2, -0.15) is 0 Å². The van der Waals surface area contributed by atoms with Crippen molar-refractivity contribution in [1.29, 1.82) is 0 Å². The van der Waals surface area contributed by atoms with Crippen LogP contribution >= 0.6 is 0 Å². The molecule has 1 saturated carbocycles. The van der Waals surface area contributed by atoms with Crippen molar-refractivity contribution in [3.05, 3.63) is 0 Å². The van der Waals surface area contributed by atoms with E-state index < -0.39 is 5.97 Å². The standard InChI is InChI=1S/C12H18N2O2/c1-2-6-13(9-12(15)16)11-5-7-14(8-11)10-3-4-10/h1,10-11H,3-9H2,(H,15,16). The maximum atomic E-state index is 10.7. The van der Waals surface area contributed by atoms with Crippen LogP contribution in [0.15, 0.2) is 0 Å². The van der Waals surface area contributed by atoms with E-state index in [1.54, 1.807) is 0 Å². The lowest BCUT2D eigenvalue weighted by Gasteiger charge is -2.25. The van der Waals surface area contributed by atoms with Crippen LogP contribution < -0.4 is 0 Å². The molecule has 1 unspecified atom stereocenters. The number of aliphatic carboxylic acids is 1. The van der Waals surface area contributed by atoms with Crippen molar-refractivity contribution in [2.24, 2.45) is 0 Å². The van der Waals surface area contributed by atoms with Gasteiger partial charge in [0.1, 0.15) is 0 Å². The normalized spacial score (nSPS) is 25.9. The number of terminal acetylenes is 1. The molecule has 0 spiro atoms. The average Bonchev–Trinajstić information content (AvgIpc) is 2.96. The molecule has 4 nitrogen and oxygen atoms in total. The lowest BCUT2D eigenvalue weighted by atomic mass is 10.2. The maximum Gasteiger partial charge on any atom is 0.317 e. The largest absolute Gasteiger partial charge is 0.480 e. The first-order valence-electron chi connectivity index (χ1n) is 5.84. The van der Waals surface area contributed by atoms with E-state index in [9.17, 15) is 4.79 Å². The molecule has 2 rings (SSSR count). The van der Waals surface area contributed by atoms with E-state index in [4.69, 9.17) is 11.5 Å². The lowest BCUT2D eigenvalue weighted by Crippen LogP contribution is -2.41. The molecule has 0 aromatic rings. The van der Waals surface area contributed by atoms with E-state index >= 15 is 0 Å². The van der Waals surface area contributed by atoms with Crippen molar-refractivity contribution in [1.82, 2.24) is 9.80 Å². The van der Waals surface area contributed by atoms with E-state index in [1.165, 1.54) is 12.8 Å². The summed E-state index contributed by atoms with van der Waals surface area (Å²) in [5, 5.41) is 8.83. The van der Waals surface area contributed by atoms with Crippen LogP contribution in [0, 0.1) is 12.3 Å². The van der Waals surface area contributed by atoms with Gasteiger partial charge in [0, 0.05) is 25.2 Å². The minimum atomic E-state index is -0.792. The van der Waals surface area contributed by atoms with Crippen molar-refractivity contribution < 1.29 is 9.90 Å². The van der Waals surface area contributed by atoms with Gasteiger partial charge in [-0.1, -0.05) is 5.92 Å². The van der Waals surface area contributed by atoms with Gasteiger partial charge >= 0.3 is 5.97 Å². The number of carbonyl (C=O) groups is 1. The van der Waals surface area contributed by atoms with Gasteiger partial charge in [-0.3, -0.25) is 14.6 Å². The van der Waals surface area contributed by atoms with Crippen molar-refractivity contribution >= 4 is 5.97 Å². The molecule has 0 bridgehead atoms. The molecule has 0 aromatic carbocycles. The second-order valence-electron chi connectivity index (χ2n) is 4.67. The van der Waals surface area contributed by atoms with Gasteiger partial charge in [0.2, 0.25) is 0 Å². The number of rotatable bonds is 5. The third-order valence-corrected chi connectivity index (χ3v) is 3.41. The first-order valence-corrected chi connectivity index (χ1v) is 5.84. The molecule has 1 saturated heterocycles. The van der Waals surface area contributed by atoms with Crippen LogP contribution in [0.25, 0.3) is 0 Å². The Balaban J connectivity index is 1.88. The third kappa shape index (κ3) is 2.75. The molecule has 1 heterocycles. The summed E-state index contributed by atoms with van der Waals surface area (Å²) in [5.41, 5.74) is 0. The van der Waals surface area contributed by atoms with Gasteiger partial charge in [-0.15, -0.1) is 6.42 Å². The van der Waals surface area contributed by atoms with Crippen LogP contribution in [0.2, 0.25) is 0 Å². The number of carboxylic acids is 1. The Hall–Kier alpha value is -1.05. The predicted octanol–water partition coefficient (Wildman–Crippen LogP) is 0.243. The number of likely N-dealkylation sites (tertiary alicyclic amines) is 1. The molecule has 0 amide bonds. The smallest absolute Gasteiger partial charge is 0.317 e. The van der Waals surface area contributed by atoms with Crippen LogP contribution in [0.4, 0.5) is 0 Å². The Morgan fingerprint density at radius 2 is 2.25 bits per heavy atom. The highest BCUT2D eigenvalue weighted by Gasteiger charge is 2.36. The SMILES string of the molecule is C#CCN(CC(=O)O)C1CCN(C2CC2)C1. The zero-order valence-electron chi connectivity index (χ0n) is 9.43. The van der Waals surface area contributed by atoms with Gasteiger partial charge in [0.05, 0.1) is 13.1 Å². The highest BCUT2D eigenvalue weighted by Crippen LogP contribution is 2.30. The van der Waals surface area contributed by atoms with Crippen LogP contribution in [0.5, 0.6) is 0 Å². The predicted molar refractivity (Wildman–Crippen MR) is 61.0 cm³/mol. The highest BCUT2D eigenvalue weighted by molar-refractivity contribution is 5.69. The van der Waals surface area contributed by atoms with E-state index in [2.05, 4.69) is 10.8 Å². The quantitative estimate of drug-likeness (QED) is 0.677. The summed E-state index contributed by atoms with van der Waals surface area (Å²) < 4.78 is 0. The first-order chi connectivity index (χ1) is 7.70. The molecular weight excluding hydrogens is 204 g/mol. The zero-order chi connectivity index (χ0) is 11.5. The van der Waals surface area contributed by atoms with Crippen LogP contribution in [-0.2, 0) is 4.79 Å². The molecule has 0 radical (unpaired) electrons. The van der Waals surface area contributed by atoms with E-state index in [-0.39, 0.29) is 6.54 Å². The topological polar surface area (TPSA) is 43.8 Å². The summed E-state index contributed by atoms with van der Waals surface area (Å²) in [6.07, 6.45) is 8.94. The minimum Gasteiger partial charge on any atom is -0.480 e. The summed E-state index contributed by atoms with van der Waals surface area (Å²) in [4.78, 5) is 15.1. The third-order valence-electron chi connectivity index (χ3n) is 3.41. The van der Waals surface area contributed by atoms with Crippen molar-refractivity contribution in [3.8, 4) is 12.3 Å². The Bertz CT molecular complexity index is 307. The molecule has 0 aromatic heterocycles. The summed E-state index contributed by atoms with van der Waals surface area (Å²) in [6, 6.07) is 1.09. The molecule has 88 valence electrons. The summed E-state index contributed by atoms with van der Waals surface area (Å²) in [5.74, 6) is 1.76. The summed E-state index contributed by atoms with van der Waals surface area (Å²) in [6.45, 7) is 2.58. The summed E-state index contributed by atoms with van der Waals surface area (Å²) in [7, 11) is 0. The number of hydrogen-bond acceptors (Lipinski definition) is 3. The van der Waals surface area contributed by atoms with Gasteiger partial charge in [-0.25, -0.2) is 0 Å². The molecule has 1 atom stereocenters. The van der Waals surface area contributed by atoms with Crippen LogP contribution in [0.3, 0.4) is 0 Å². The molecule has 1 aliphatic carbocycles. The van der Waals surface area contributed by atoms with Crippen molar-refractivity contribution in [2.45, 2.75) is 31.3 Å². The molecule has 16 heavy (non-hydrogen) atoms. The number of hydrogen-bond donors (Lipinski definition) is 1. The van der Waals surface area contributed by atoms with Gasteiger partial charge in [-0.05, 0) is 19.3 Å². The minimum absolute atomic E-state index is 0.0629. The number of carboxylic acid groups (broad SMARTS) is 1. The van der Waals surface area contributed by atoms with Gasteiger partial charge in [0.25, 0.3) is 0 Å². The fraction of sp³-hybridized carbons (Fsp3) is 0.750. The van der Waals surface area contributed by atoms with E-state index in [0.717, 1.165) is 25.6 Å².